The van der Waals surface area contributed by atoms with E-state index in [0.29, 0.717) is 22.7 Å². The molecule has 3 aliphatic rings. The zero-order valence-corrected chi connectivity index (χ0v) is 16.3. The van der Waals surface area contributed by atoms with Gasteiger partial charge in [0.2, 0.25) is 11.6 Å². The molecule has 1 saturated heterocycles. The Kier molecular flexibility index (Phi) is 6.20. The van der Waals surface area contributed by atoms with Crippen LogP contribution in [0.15, 0.2) is 46.6 Å². The summed E-state index contributed by atoms with van der Waals surface area (Å²) in [7, 11) is 0. The van der Waals surface area contributed by atoms with Gasteiger partial charge in [-0.15, -0.1) is 18.3 Å². The lowest BCUT2D eigenvalue weighted by atomic mass is 9.87. The molecule has 0 aromatic carbocycles. The standard InChI is InChI=1S/C21H27NO3S/c1-3-5-8-15-16(7-4-2)19-20(18(24)17(15)23)26-14-11-21(25-19)9-6-12-22-13-10-21/h3,7-8,22H,1,4-6,9-14H2,2H3/b15-8+,16-7+. The molecule has 1 aliphatic carbocycles. The van der Waals surface area contributed by atoms with Gasteiger partial charge in [0.25, 0.3) is 0 Å². The lowest BCUT2D eigenvalue weighted by molar-refractivity contribution is -0.132. The number of carbonyl (C=O) groups is 2. The van der Waals surface area contributed by atoms with Crippen molar-refractivity contribution in [1.82, 2.24) is 5.32 Å². The average molecular weight is 374 g/mol. The van der Waals surface area contributed by atoms with Crippen molar-refractivity contribution in [2.45, 2.75) is 51.0 Å². The fourth-order valence-electron chi connectivity index (χ4n) is 3.80. The summed E-state index contributed by atoms with van der Waals surface area (Å²) in [4.78, 5) is 26.0. The Labute approximate surface area is 159 Å². The molecule has 1 unspecified atom stereocenters. The summed E-state index contributed by atoms with van der Waals surface area (Å²) in [5.74, 6) is 0.608. The average Bonchev–Trinajstić information content (AvgIpc) is 2.98. The van der Waals surface area contributed by atoms with Gasteiger partial charge in [-0.1, -0.05) is 25.2 Å². The summed E-state index contributed by atoms with van der Waals surface area (Å²) in [5.41, 5.74) is 1.02. The predicted molar refractivity (Wildman–Crippen MR) is 106 cm³/mol. The third-order valence-electron chi connectivity index (χ3n) is 5.16. The van der Waals surface area contributed by atoms with Crippen molar-refractivity contribution in [2.24, 2.45) is 0 Å². The Morgan fingerprint density at radius 2 is 2.00 bits per heavy atom. The minimum absolute atomic E-state index is 0.245. The molecule has 1 N–H and O–H groups in total. The lowest BCUT2D eigenvalue weighted by Crippen LogP contribution is -2.35. The van der Waals surface area contributed by atoms with E-state index in [2.05, 4.69) is 11.9 Å². The van der Waals surface area contributed by atoms with Gasteiger partial charge >= 0.3 is 0 Å². The summed E-state index contributed by atoms with van der Waals surface area (Å²) in [5, 5.41) is 3.44. The zero-order chi connectivity index (χ0) is 18.6. The third-order valence-corrected chi connectivity index (χ3v) is 6.23. The van der Waals surface area contributed by atoms with Crippen molar-refractivity contribution < 1.29 is 14.3 Å². The Hall–Kier alpha value is -1.59. The maximum absolute atomic E-state index is 12.8. The van der Waals surface area contributed by atoms with Crippen LogP contribution in [0.4, 0.5) is 0 Å². The third kappa shape index (κ3) is 3.74. The molecular weight excluding hydrogens is 346 g/mol. The summed E-state index contributed by atoms with van der Waals surface area (Å²) in [6.45, 7) is 7.68. The first kappa shape index (κ1) is 19.2. The molecule has 2 aliphatic heterocycles. The van der Waals surface area contributed by atoms with Crippen LogP contribution in [-0.4, -0.2) is 36.0 Å². The summed E-state index contributed by atoms with van der Waals surface area (Å²) in [6.07, 6.45) is 10.8. The molecule has 3 rings (SSSR count). The summed E-state index contributed by atoms with van der Waals surface area (Å²) < 4.78 is 6.63. The van der Waals surface area contributed by atoms with E-state index in [0.717, 1.165) is 56.5 Å². The fourth-order valence-corrected chi connectivity index (χ4v) is 4.98. The topological polar surface area (TPSA) is 55.4 Å². The summed E-state index contributed by atoms with van der Waals surface area (Å²) in [6, 6.07) is 0. The first-order valence-corrected chi connectivity index (χ1v) is 10.5. The highest BCUT2D eigenvalue weighted by molar-refractivity contribution is 8.04. The van der Waals surface area contributed by atoms with Gasteiger partial charge in [0.05, 0.1) is 0 Å². The second kappa shape index (κ2) is 8.40. The van der Waals surface area contributed by atoms with Crippen LogP contribution in [0, 0.1) is 0 Å². The Morgan fingerprint density at radius 1 is 1.15 bits per heavy atom. The van der Waals surface area contributed by atoms with E-state index in [-0.39, 0.29) is 5.60 Å². The summed E-state index contributed by atoms with van der Waals surface area (Å²) >= 11 is 1.49. The van der Waals surface area contributed by atoms with Crippen LogP contribution in [-0.2, 0) is 14.3 Å². The molecule has 0 saturated carbocycles. The molecule has 1 fully saturated rings. The van der Waals surface area contributed by atoms with Gasteiger partial charge in [0, 0.05) is 16.9 Å². The molecule has 0 radical (unpaired) electrons. The number of rotatable bonds is 3. The number of hydrogen-bond acceptors (Lipinski definition) is 5. The predicted octanol–water partition coefficient (Wildman–Crippen LogP) is 3.85. The van der Waals surface area contributed by atoms with Crippen molar-refractivity contribution in [3.63, 3.8) is 0 Å². The number of Topliss-reactive ketones (excluding diaryl/α,β-unsaturated/α-hetero) is 2. The van der Waals surface area contributed by atoms with Crippen LogP contribution in [0.5, 0.6) is 0 Å². The normalized spacial score (nSPS) is 30.2. The molecule has 1 atom stereocenters. The highest BCUT2D eigenvalue weighted by Gasteiger charge is 2.43. The molecule has 0 aromatic heterocycles. The van der Waals surface area contributed by atoms with Crippen LogP contribution in [0.2, 0.25) is 0 Å². The van der Waals surface area contributed by atoms with Gasteiger partial charge < -0.3 is 10.1 Å². The van der Waals surface area contributed by atoms with Crippen molar-refractivity contribution in [2.75, 3.05) is 18.8 Å². The number of thioether (sulfide) groups is 1. The van der Waals surface area contributed by atoms with E-state index in [1.165, 1.54) is 11.8 Å². The quantitative estimate of drug-likeness (QED) is 0.463. The Bertz CT molecular complexity index is 694. The second-order valence-corrected chi connectivity index (χ2v) is 8.08. The number of ketones is 2. The minimum Gasteiger partial charge on any atom is -0.485 e. The molecule has 26 heavy (non-hydrogen) atoms. The van der Waals surface area contributed by atoms with Crippen LogP contribution in [0.3, 0.4) is 0 Å². The van der Waals surface area contributed by atoms with Crippen molar-refractivity contribution in [1.29, 1.82) is 0 Å². The Balaban J connectivity index is 2.07. The maximum atomic E-state index is 12.8. The maximum Gasteiger partial charge on any atom is 0.243 e. The van der Waals surface area contributed by atoms with E-state index in [4.69, 9.17) is 4.74 Å². The van der Waals surface area contributed by atoms with Crippen LogP contribution >= 0.6 is 11.8 Å². The number of nitrogens with one attached hydrogen (secondary N) is 1. The van der Waals surface area contributed by atoms with E-state index in [1.807, 2.05) is 13.0 Å². The number of hydrogen-bond donors (Lipinski definition) is 1. The number of allylic oxidation sites excluding steroid dienone is 5. The molecule has 4 nitrogen and oxygen atoms in total. The molecule has 1 spiro atoms. The SMILES string of the molecule is C=CC/C=C1/C(=O)C(=O)C2=C(OC3(CCCNCC3)CCS2)/C1=C/CC. The fraction of sp³-hybridized carbons (Fsp3) is 0.524. The second-order valence-electron chi connectivity index (χ2n) is 6.97. The highest BCUT2D eigenvalue weighted by atomic mass is 32.2. The molecule has 0 aromatic rings. The Morgan fingerprint density at radius 3 is 2.77 bits per heavy atom. The number of ether oxygens (including phenoxy) is 1. The molecular formula is C21H27NO3S. The van der Waals surface area contributed by atoms with E-state index < -0.39 is 11.6 Å². The van der Waals surface area contributed by atoms with Crippen molar-refractivity contribution in [3.8, 4) is 0 Å². The lowest BCUT2D eigenvalue weighted by Gasteiger charge is -2.35. The molecule has 2 heterocycles. The largest absolute Gasteiger partial charge is 0.485 e. The highest BCUT2D eigenvalue weighted by Crippen LogP contribution is 2.45. The van der Waals surface area contributed by atoms with E-state index in [9.17, 15) is 9.59 Å². The van der Waals surface area contributed by atoms with Crippen LogP contribution in [0.25, 0.3) is 0 Å². The molecule has 0 bridgehead atoms. The van der Waals surface area contributed by atoms with E-state index >= 15 is 0 Å². The van der Waals surface area contributed by atoms with Crippen molar-refractivity contribution in [3.05, 3.63) is 46.6 Å². The first-order chi connectivity index (χ1) is 12.6. The van der Waals surface area contributed by atoms with Gasteiger partial charge in [-0.2, -0.15) is 0 Å². The van der Waals surface area contributed by atoms with Crippen molar-refractivity contribution >= 4 is 23.3 Å². The van der Waals surface area contributed by atoms with Crippen LogP contribution in [0.1, 0.15) is 45.4 Å². The van der Waals surface area contributed by atoms with Gasteiger partial charge in [0.1, 0.15) is 16.3 Å². The minimum atomic E-state index is -0.419. The van der Waals surface area contributed by atoms with Gasteiger partial charge in [-0.05, 0) is 51.6 Å². The van der Waals surface area contributed by atoms with E-state index in [1.54, 1.807) is 12.2 Å². The first-order valence-electron chi connectivity index (χ1n) is 9.49. The zero-order valence-electron chi connectivity index (χ0n) is 15.4. The van der Waals surface area contributed by atoms with Gasteiger partial charge in [-0.3, -0.25) is 9.59 Å². The van der Waals surface area contributed by atoms with Gasteiger partial charge in [0.15, 0.2) is 0 Å². The monoisotopic (exact) mass is 373 g/mol. The smallest absolute Gasteiger partial charge is 0.243 e. The molecule has 140 valence electrons. The molecule has 0 amide bonds. The van der Waals surface area contributed by atoms with Crippen LogP contribution < -0.4 is 5.32 Å². The number of carbonyl (C=O) groups excluding carboxylic acids is 2. The molecule has 5 heteroatoms. The van der Waals surface area contributed by atoms with Gasteiger partial charge in [-0.25, -0.2) is 0 Å².